The maximum absolute atomic E-state index is 11.9. The van der Waals surface area contributed by atoms with Gasteiger partial charge in [0.1, 0.15) is 19.0 Å². The van der Waals surface area contributed by atoms with E-state index < -0.39 is 23.8 Å². The highest BCUT2D eigenvalue weighted by Gasteiger charge is 2.24. The largest absolute Gasteiger partial charge is 0.490 e. The minimum Gasteiger partial charge on any atom is -0.490 e. The molecule has 142 valence electrons. The first-order valence-electron chi connectivity index (χ1n) is 8.37. The summed E-state index contributed by atoms with van der Waals surface area (Å²) < 4.78 is 15.7. The molecule has 0 aliphatic rings. The van der Waals surface area contributed by atoms with Crippen LogP contribution in [0.3, 0.4) is 0 Å². The summed E-state index contributed by atoms with van der Waals surface area (Å²) in [5, 5.41) is 9.31. The lowest BCUT2D eigenvalue weighted by Crippen LogP contribution is -2.21. The summed E-state index contributed by atoms with van der Waals surface area (Å²) in [6.07, 6.45) is -1.16. The molecule has 0 amide bonds. The van der Waals surface area contributed by atoms with Gasteiger partial charge in [0.15, 0.2) is 6.10 Å². The zero-order valence-corrected chi connectivity index (χ0v) is 14.8. The van der Waals surface area contributed by atoms with Gasteiger partial charge in [0.25, 0.3) is 5.78 Å². The Balaban J connectivity index is 1.91. The molecule has 0 spiro atoms. The van der Waals surface area contributed by atoms with Crippen molar-refractivity contribution >= 4 is 17.7 Å². The smallest absolute Gasteiger partial charge is 0.379 e. The third-order valence-corrected chi connectivity index (χ3v) is 3.55. The monoisotopic (exact) mass is 372 g/mol. The predicted octanol–water partition coefficient (Wildman–Crippen LogP) is 2.65. The molecule has 1 N–H and O–H groups in total. The Kier molecular flexibility index (Phi) is 7.51. The van der Waals surface area contributed by atoms with Crippen molar-refractivity contribution in [3.05, 3.63) is 65.7 Å². The summed E-state index contributed by atoms with van der Waals surface area (Å²) in [6.45, 7) is 1.73. The molecule has 0 saturated carbocycles. The fourth-order valence-electron chi connectivity index (χ4n) is 2.35. The normalized spacial score (nSPS) is 11.4. The van der Waals surface area contributed by atoms with E-state index in [1.807, 2.05) is 0 Å². The molecule has 0 radical (unpaired) electrons. The number of carboxylic acid groups (broad SMARTS) is 1. The number of esters is 1. The lowest BCUT2D eigenvalue weighted by Gasteiger charge is -2.17. The van der Waals surface area contributed by atoms with Gasteiger partial charge in [-0.3, -0.25) is 4.79 Å². The van der Waals surface area contributed by atoms with Gasteiger partial charge < -0.3 is 19.3 Å². The van der Waals surface area contributed by atoms with Crippen LogP contribution in [0.5, 0.6) is 5.75 Å². The average molecular weight is 372 g/mol. The van der Waals surface area contributed by atoms with Gasteiger partial charge in [-0.25, -0.2) is 9.59 Å². The second-order valence-corrected chi connectivity index (χ2v) is 5.39. The zero-order chi connectivity index (χ0) is 19.6. The molecule has 7 heteroatoms. The number of ketones is 1. The molecular formula is C20H20O7. The molecular weight excluding hydrogens is 352 g/mol. The Morgan fingerprint density at radius 3 is 2.30 bits per heavy atom. The molecule has 7 nitrogen and oxygen atoms in total. The van der Waals surface area contributed by atoms with Crippen LogP contribution in [0.4, 0.5) is 0 Å². The number of carboxylic acids is 1. The molecule has 0 aliphatic heterocycles. The number of Topliss-reactive ketones (excluding diaryl/α,β-unsaturated/α-hetero) is 1. The number of aliphatic carboxylic acids is 1. The van der Waals surface area contributed by atoms with E-state index in [1.54, 1.807) is 49.4 Å². The summed E-state index contributed by atoms with van der Waals surface area (Å²) in [5.74, 6) is -2.54. The van der Waals surface area contributed by atoms with Crippen LogP contribution in [0, 0.1) is 0 Å². The van der Waals surface area contributed by atoms with E-state index in [9.17, 15) is 19.5 Å². The topological polar surface area (TPSA) is 99.1 Å². The van der Waals surface area contributed by atoms with Crippen LogP contribution >= 0.6 is 0 Å². The number of hydrogen-bond acceptors (Lipinski definition) is 6. The SMILES string of the molecule is CCOC(C(=O)O)c1ccccc1OCCOC(=O)C(=O)c1ccccc1. The molecule has 0 aromatic heterocycles. The molecule has 0 aliphatic carbocycles. The van der Waals surface area contributed by atoms with Crippen LogP contribution in [-0.2, 0) is 19.1 Å². The van der Waals surface area contributed by atoms with Gasteiger partial charge in [0, 0.05) is 17.7 Å². The van der Waals surface area contributed by atoms with Gasteiger partial charge in [-0.05, 0) is 13.0 Å². The number of para-hydroxylation sites is 1. The highest BCUT2D eigenvalue weighted by Crippen LogP contribution is 2.27. The summed E-state index contributed by atoms with van der Waals surface area (Å²) in [6, 6.07) is 14.6. The van der Waals surface area contributed by atoms with E-state index in [2.05, 4.69) is 0 Å². The first-order chi connectivity index (χ1) is 13.0. The molecule has 2 aromatic carbocycles. The predicted molar refractivity (Wildman–Crippen MR) is 95.7 cm³/mol. The van der Waals surface area contributed by atoms with Crippen molar-refractivity contribution in [2.24, 2.45) is 0 Å². The van der Waals surface area contributed by atoms with E-state index in [0.29, 0.717) is 11.3 Å². The number of rotatable bonds is 10. The molecule has 0 bridgehead atoms. The van der Waals surface area contributed by atoms with Gasteiger partial charge in [-0.2, -0.15) is 0 Å². The van der Waals surface area contributed by atoms with E-state index in [1.165, 1.54) is 12.1 Å². The van der Waals surface area contributed by atoms with E-state index in [0.717, 1.165) is 0 Å². The van der Waals surface area contributed by atoms with Crippen LogP contribution in [-0.4, -0.2) is 42.6 Å². The van der Waals surface area contributed by atoms with Crippen molar-refractivity contribution in [2.45, 2.75) is 13.0 Å². The van der Waals surface area contributed by atoms with Crippen molar-refractivity contribution in [3.63, 3.8) is 0 Å². The average Bonchev–Trinajstić information content (AvgIpc) is 2.69. The number of carbonyl (C=O) groups is 3. The Bertz CT molecular complexity index is 786. The lowest BCUT2D eigenvalue weighted by molar-refractivity contribution is -0.150. The Morgan fingerprint density at radius 1 is 0.963 bits per heavy atom. The van der Waals surface area contributed by atoms with Gasteiger partial charge in [0.05, 0.1) is 0 Å². The maximum atomic E-state index is 11.9. The molecule has 0 heterocycles. The van der Waals surface area contributed by atoms with E-state index in [-0.39, 0.29) is 25.4 Å². The molecule has 0 fully saturated rings. The molecule has 2 aromatic rings. The maximum Gasteiger partial charge on any atom is 0.379 e. The summed E-state index contributed by atoms with van der Waals surface area (Å²) >= 11 is 0. The Hall–Kier alpha value is -3.19. The second-order valence-electron chi connectivity index (χ2n) is 5.39. The minimum absolute atomic E-state index is 0.0384. The fraction of sp³-hybridized carbons (Fsp3) is 0.250. The standard InChI is InChI=1S/C20H20O7/c1-2-25-18(19(22)23)15-10-6-7-11-16(15)26-12-13-27-20(24)17(21)14-8-4-3-5-9-14/h3-11,18H,2,12-13H2,1H3,(H,22,23). The number of benzene rings is 2. The van der Waals surface area contributed by atoms with Gasteiger partial charge >= 0.3 is 11.9 Å². The number of ether oxygens (including phenoxy) is 3. The van der Waals surface area contributed by atoms with Crippen LogP contribution in [0.2, 0.25) is 0 Å². The molecule has 27 heavy (non-hydrogen) atoms. The summed E-state index contributed by atoms with van der Waals surface area (Å²) in [5.41, 5.74) is 0.605. The van der Waals surface area contributed by atoms with Crippen LogP contribution < -0.4 is 4.74 Å². The van der Waals surface area contributed by atoms with Gasteiger partial charge in [-0.15, -0.1) is 0 Å². The van der Waals surface area contributed by atoms with Gasteiger partial charge in [-0.1, -0.05) is 48.5 Å². The molecule has 2 rings (SSSR count). The third kappa shape index (κ3) is 5.65. The number of hydrogen-bond donors (Lipinski definition) is 1. The van der Waals surface area contributed by atoms with Crippen molar-refractivity contribution in [2.75, 3.05) is 19.8 Å². The Labute approximate surface area is 156 Å². The van der Waals surface area contributed by atoms with Crippen LogP contribution in [0.1, 0.15) is 28.9 Å². The summed E-state index contributed by atoms with van der Waals surface area (Å²) in [7, 11) is 0. The molecule has 1 unspecified atom stereocenters. The first-order valence-corrected chi connectivity index (χ1v) is 8.37. The highest BCUT2D eigenvalue weighted by atomic mass is 16.6. The van der Waals surface area contributed by atoms with Crippen molar-refractivity contribution < 1.29 is 33.7 Å². The van der Waals surface area contributed by atoms with Crippen molar-refractivity contribution in [1.82, 2.24) is 0 Å². The van der Waals surface area contributed by atoms with E-state index >= 15 is 0 Å². The first kappa shape index (κ1) is 20.1. The Morgan fingerprint density at radius 2 is 1.63 bits per heavy atom. The summed E-state index contributed by atoms with van der Waals surface area (Å²) in [4.78, 5) is 35.1. The fourth-order valence-corrected chi connectivity index (χ4v) is 2.35. The quantitative estimate of drug-likeness (QED) is 0.296. The lowest BCUT2D eigenvalue weighted by atomic mass is 10.1. The van der Waals surface area contributed by atoms with Crippen molar-refractivity contribution in [3.8, 4) is 5.75 Å². The van der Waals surface area contributed by atoms with Crippen LogP contribution in [0.25, 0.3) is 0 Å². The van der Waals surface area contributed by atoms with Gasteiger partial charge in [0.2, 0.25) is 0 Å². The molecule has 0 saturated heterocycles. The minimum atomic E-state index is -1.16. The molecule has 1 atom stereocenters. The highest BCUT2D eigenvalue weighted by molar-refractivity contribution is 6.40. The zero-order valence-electron chi connectivity index (χ0n) is 14.8. The van der Waals surface area contributed by atoms with E-state index in [4.69, 9.17) is 14.2 Å². The third-order valence-electron chi connectivity index (χ3n) is 3.55. The second kappa shape index (κ2) is 10.1. The number of carbonyl (C=O) groups excluding carboxylic acids is 2. The van der Waals surface area contributed by atoms with Crippen molar-refractivity contribution in [1.29, 1.82) is 0 Å². The van der Waals surface area contributed by atoms with Crippen LogP contribution in [0.15, 0.2) is 54.6 Å².